The predicted octanol–water partition coefficient (Wildman–Crippen LogP) is 8.72. The van der Waals surface area contributed by atoms with Gasteiger partial charge in [0.1, 0.15) is 0 Å². The van der Waals surface area contributed by atoms with Crippen molar-refractivity contribution in [2.24, 2.45) is 0 Å². The van der Waals surface area contributed by atoms with Gasteiger partial charge in [-0.25, -0.2) is 0 Å². The first-order chi connectivity index (χ1) is 17.9. The summed E-state index contributed by atoms with van der Waals surface area (Å²) >= 11 is 0. The Hall–Kier alpha value is -4.42. The van der Waals surface area contributed by atoms with E-state index in [-0.39, 0.29) is 0 Å². The van der Waals surface area contributed by atoms with Crippen molar-refractivity contribution in [1.29, 1.82) is 0 Å². The summed E-state index contributed by atoms with van der Waals surface area (Å²) in [5.74, 6) is 0. The van der Waals surface area contributed by atoms with Crippen LogP contribution in [0.25, 0.3) is 22.3 Å². The smallest absolute Gasteiger partial charge is 0.000717 e. The number of rotatable bonds is 4. The molecular formula is C36H26. The molecule has 5 aromatic rings. The standard InChI is InChI=1S/C36H26/c1-5-13-25(14-6-1)31-22-29-21-30-23-32(26-15-7-2-8-16-26)36(28-19-11-4-12-20-28)34(30)24-33(29)35(31)27-17-9-3-10-18-27/h1-21,24H,22-23H2. The Balaban J connectivity index is 1.47. The van der Waals surface area contributed by atoms with Gasteiger partial charge < -0.3 is 0 Å². The molecule has 0 amide bonds. The molecule has 0 aromatic heterocycles. The van der Waals surface area contributed by atoms with Gasteiger partial charge in [-0.2, -0.15) is 0 Å². The highest BCUT2D eigenvalue weighted by Gasteiger charge is 2.30. The van der Waals surface area contributed by atoms with Crippen molar-refractivity contribution in [3.63, 3.8) is 0 Å². The van der Waals surface area contributed by atoms with Crippen LogP contribution in [0, 0.1) is 0 Å². The van der Waals surface area contributed by atoms with Crippen LogP contribution in [0.3, 0.4) is 0 Å². The topological polar surface area (TPSA) is 0 Å². The normalized spacial score (nSPS) is 14.2. The Kier molecular flexibility index (Phi) is 5.03. The van der Waals surface area contributed by atoms with Gasteiger partial charge in [0.15, 0.2) is 0 Å². The average Bonchev–Trinajstić information content (AvgIpc) is 3.52. The molecule has 0 fully saturated rings. The number of hydrogen-bond acceptors (Lipinski definition) is 0. The van der Waals surface area contributed by atoms with Crippen LogP contribution in [0.4, 0.5) is 0 Å². The summed E-state index contributed by atoms with van der Waals surface area (Å²) < 4.78 is 0. The number of benzene rings is 5. The number of allylic oxidation sites excluding steroid dienone is 2. The minimum atomic E-state index is 0.970. The fourth-order valence-corrected chi connectivity index (χ4v) is 5.98. The number of hydrogen-bond donors (Lipinski definition) is 0. The van der Waals surface area contributed by atoms with Crippen LogP contribution >= 0.6 is 0 Å². The zero-order valence-corrected chi connectivity index (χ0v) is 20.1. The summed E-state index contributed by atoms with van der Waals surface area (Å²) in [6, 6.07) is 48.6. The lowest BCUT2D eigenvalue weighted by Crippen LogP contribution is -1.94. The molecule has 0 N–H and O–H groups in total. The van der Waals surface area contributed by atoms with Crippen LogP contribution in [0.2, 0.25) is 0 Å². The van der Waals surface area contributed by atoms with E-state index in [4.69, 9.17) is 0 Å². The van der Waals surface area contributed by atoms with Crippen molar-refractivity contribution in [3.05, 3.63) is 178 Å². The highest BCUT2D eigenvalue weighted by Crippen LogP contribution is 2.48. The van der Waals surface area contributed by atoms with Gasteiger partial charge in [-0.15, -0.1) is 0 Å². The lowest BCUT2D eigenvalue weighted by atomic mass is 9.90. The monoisotopic (exact) mass is 458 g/mol. The highest BCUT2D eigenvalue weighted by atomic mass is 14.3. The van der Waals surface area contributed by atoms with E-state index in [1.54, 1.807) is 0 Å². The molecule has 0 atom stereocenters. The van der Waals surface area contributed by atoms with Crippen LogP contribution in [0.1, 0.15) is 44.5 Å². The van der Waals surface area contributed by atoms with Crippen LogP contribution in [-0.2, 0) is 12.8 Å². The van der Waals surface area contributed by atoms with E-state index >= 15 is 0 Å². The van der Waals surface area contributed by atoms with Crippen molar-refractivity contribution in [1.82, 2.24) is 0 Å². The molecule has 36 heavy (non-hydrogen) atoms. The van der Waals surface area contributed by atoms with E-state index in [1.165, 1.54) is 66.8 Å². The summed E-state index contributed by atoms with van der Waals surface area (Å²) in [6.45, 7) is 0. The molecule has 0 heteroatoms. The van der Waals surface area contributed by atoms with E-state index in [0.717, 1.165) is 12.8 Å². The van der Waals surface area contributed by atoms with Crippen molar-refractivity contribution >= 4 is 22.3 Å². The molecule has 7 rings (SSSR count). The lowest BCUT2D eigenvalue weighted by Gasteiger charge is -2.13. The third kappa shape index (κ3) is 3.46. The molecule has 0 saturated heterocycles. The van der Waals surface area contributed by atoms with Gasteiger partial charge in [0.05, 0.1) is 0 Å². The van der Waals surface area contributed by atoms with E-state index in [0.29, 0.717) is 0 Å². The summed E-state index contributed by atoms with van der Waals surface area (Å²) in [5, 5.41) is 0. The second-order valence-corrected chi connectivity index (χ2v) is 9.69. The van der Waals surface area contributed by atoms with Crippen LogP contribution in [0.5, 0.6) is 0 Å². The van der Waals surface area contributed by atoms with E-state index in [2.05, 4.69) is 133 Å². The molecular weight excluding hydrogens is 432 g/mol. The maximum Gasteiger partial charge on any atom is -0.000717 e. The second-order valence-electron chi connectivity index (χ2n) is 9.69. The van der Waals surface area contributed by atoms with Crippen molar-refractivity contribution in [2.45, 2.75) is 12.8 Å². The van der Waals surface area contributed by atoms with Crippen LogP contribution < -0.4 is 0 Å². The van der Waals surface area contributed by atoms with Crippen molar-refractivity contribution in [3.8, 4) is 0 Å². The molecule has 0 radical (unpaired) electrons. The molecule has 0 bridgehead atoms. The zero-order valence-electron chi connectivity index (χ0n) is 20.1. The first-order valence-electron chi connectivity index (χ1n) is 12.7. The molecule has 0 nitrogen and oxygen atoms in total. The average molecular weight is 459 g/mol. The molecule has 0 unspecified atom stereocenters. The molecule has 2 aliphatic rings. The van der Waals surface area contributed by atoms with E-state index < -0.39 is 0 Å². The van der Waals surface area contributed by atoms with Gasteiger partial charge in [0, 0.05) is 0 Å². The van der Waals surface area contributed by atoms with Crippen molar-refractivity contribution < 1.29 is 0 Å². The van der Waals surface area contributed by atoms with E-state index in [1.807, 2.05) is 0 Å². The molecule has 170 valence electrons. The quantitative estimate of drug-likeness (QED) is 0.253. The van der Waals surface area contributed by atoms with Gasteiger partial charge in [-0.05, 0) is 85.7 Å². The Morgan fingerprint density at radius 3 is 1.03 bits per heavy atom. The molecule has 0 spiro atoms. The molecule has 2 aliphatic carbocycles. The molecule has 0 aliphatic heterocycles. The largest absolute Gasteiger partial charge is 0.0622 e. The van der Waals surface area contributed by atoms with Gasteiger partial charge >= 0.3 is 0 Å². The second kappa shape index (κ2) is 8.66. The van der Waals surface area contributed by atoms with Crippen molar-refractivity contribution in [2.75, 3.05) is 0 Å². The fourth-order valence-electron chi connectivity index (χ4n) is 5.98. The first kappa shape index (κ1) is 20.9. The Morgan fingerprint density at radius 2 is 0.667 bits per heavy atom. The SMILES string of the molecule is c1ccc(C2=C(c3ccccc3)c3cc4c(cc3C2)CC(c2ccccc2)=C4c2ccccc2)cc1. The maximum atomic E-state index is 2.49. The zero-order chi connectivity index (χ0) is 23.9. The summed E-state index contributed by atoms with van der Waals surface area (Å²) in [7, 11) is 0. The fraction of sp³-hybridized carbons (Fsp3) is 0.0556. The van der Waals surface area contributed by atoms with Gasteiger partial charge in [0.2, 0.25) is 0 Å². The molecule has 0 saturated carbocycles. The number of fused-ring (bicyclic) bond motifs is 2. The minimum absolute atomic E-state index is 0.970. The Labute approximate surface area is 212 Å². The summed E-state index contributed by atoms with van der Waals surface area (Å²) in [6.07, 6.45) is 1.94. The van der Waals surface area contributed by atoms with Gasteiger partial charge in [0.25, 0.3) is 0 Å². The minimum Gasteiger partial charge on any atom is -0.0622 e. The van der Waals surface area contributed by atoms with Gasteiger partial charge in [-0.3, -0.25) is 0 Å². The summed E-state index contributed by atoms with van der Waals surface area (Å²) in [5.41, 5.74) is 16.4. The summed E-state index contributed by atoms with van der Waals surface area (Å²) in [4.78, 5) is 0. The van der Waals surface area contributed by atoms with Crippen LogP contribution in [0.15, 0.2) is 133 Å². The highest BCUT2D eigenvalue weighted by molar-refractivity contribution is 6.08. The Morgan fingerprint density at radius 1 is 0.333 bits per heavy atom. The maximum absolute atomic E-state index is 2.49. The first-order valence-corrected chi connectivity index (χ1v) is 12.7. The third-order valence-corrected chi connectivity index (χ3v) is 7.58. The van der Waals surface area contributed by atoms with E-state index in [9.17, 15) is 0 Å². The Bertz CT molecular complexity index is 1500. The lowest BCUT2D eigenvalue weighted by molar-refractivity contribution is 1.24. The van der Waals surface area contributed by atoms with Crippen LogP contribution in [-0.4, -0.2) is 0 Å². The molecule has 0 heterocycles. The van der Waals surface area contributed by atoms with Gasteiger partial charge in [-0.1, -0.05) is 127 Å². The third-order valence-electron chi connectivity index (χ3n) is 7.58. The molecule has 5 aromatic carbocycles. The predicted molar refractivity (Wildman–Crippen MR) is 151 cm³/mol.